The highest BCUT2D eigenvalue weighted by molar-refractivity contribution is 5.94. The van der Waals surface area contributed by atoms with Crippen LogP contribution in [-0.4, -0.2) is 27.5 Å². The van der Waals surface area contributed by atoms with E-state index in [1.54, 1.807) is 23.9 Å². The van der Waals surface area contributed by atoms with Gasteiger partial charge in [0.05, 0.1) is 0 Å². The molecule has 6 nitrogen and oxygen atoms in total. The molecular weight excluding hydrogens is 208 g/mol. The van der Waals surface area contributed by atoms with E-state index in [1.165, 1.54) is 0 Å². The lowest BCUT2D eigenvalue weighted by Gasteiger charge is -2.06. The average molecular weight is 222 g/mol. The van der Waals surface area contributed by atoms with Crippen molar-refractivity contribution in [2.75, 3.05) is 0 Å². The lowest BCUT2D eigenvalue weighted by molar-refractivity contribution is -0.120. The van der Waals surface area contributed by atoms with Gasteiger partial charge in [0.2, 0.25) is 5.91 Å². The Morgan fingerprint density at radius 3 is 2.88 bits per heavy atom. The molecule has 0 unspecified atom stereocenters. The van der Waals surface area contributed by atoms with Crippen molar-refractivity contribution in [2.45, 2.75) is 32.4 Å². The first kappa shape index (κ1) is 10.7. The van der Waals surface area contributed by atoms with Crippen molar-refractivity contribution in [1.82, 2.24) is 20.2 Å². The Morgan fingerprint density at radius 2 is 2.31 bits per heavy atom. The van der Waals surface area contributed by atoms with Crippen LogP contribution in [0.3, 0.4) is 0 Å². The predicted molar refractivity (Wildman–Crippen MR) is 56.7 cm³/mol. The quantitative estimate of drug-likeness (QED) is 0.766. The minimum atomic E-state index is -0.412. The van der Waals surface area contributed by atoms with Gasteiger partial charge in [-0.05, 0) is 19.8 Å². The fourth-order valence-electron chi connectivity index (χ4n) is 1.34. The largest absolute Gasteiger partial charge is 0.335 e. The molecule has 1 aromatic heterocycles. The molecule has 1 fully saturated rings. The van der Waals surface area contributed by atoms with Gasteiger partial charge in [-0.1, -0.05) is 0 Å². The summed E-state index contributed by atoms with van der Waals surface area (Å²) in [6.45, 7) is 1.92. The number of hydrogen-bond acceptors (Lipinski definition) is 3. The number of hydrogen-bond donors (Lipinski definition) is 2. The number of amides is 3. The van der Waals surface area contributed by atoms with Crippen LogP contribution in [0.4, 0.5) is 4.79 Å². The number of imide groups is 1. The van der Waals surface area contributed by atoms with Crippen molar-refractivity contribution in [1.29, 1.82) is 0 Å². The molecule has 0 radical (unpaired) electrons. The Labute approximate surface area is 93.0 Å². The van der Waals surface area contributed by atoms with Gasteiger partial charge in [-0.15, -0.1) is 0 Å². The number of nitrogens with zero attached hydrogens (tertiary/aromatic N) is 2. The summed E-state index contributed by atoms with van der Waals surface area (Å²) in [4.78, 5) is 26.7. The molecule has 1 aliphatic rings. The fraction of sp³-hybridized carbons (Fsp3) is 0.500. The zero-order chi connectivity index (χ0) is 11.5. The highest BCUT2D eigenvalue weighted by Gasteiger charge is 2.23. The normalized spacial score (nSPS) is 14.6. The Balaban J connectivity index is 1.79. The molecule has 0 spiro atoms. The summed E-state index contributed by atoms with van der Waals surface area (Å²) >= 11 is 0. The summed E-state index contributed by atoms with van der Waals surface area (Å²) in [6, 6.07) is -0.159. The number of carbonyl (C=O) groups is 2. The third-order valence-corrected chi connectivity index (χ3v) is 2.40. The van der Waals surface area contributed by atoms with E-state index < -0.39 is 6.03 Å². The maximum Gasteiger partial charge on any atom is 0.321 e. The van der Waals surface area contributed by atoms with Crippen LogP contribution in [0.1, 0.15) is 18.7 Å². The maximum absolute atomic E-state index is 11.5. The van der Waals surface area contributed by atoms with Crippen molar-refractivity contribution in [3.05, 3.63) is 18.2 Å². The number of aryl methyl sites for hydroxylation is 1. The molecule has 0 saturated heterocycles. The number of urea groups is 1. The summed E-state index contributed by atoms with van der Waals surface area (Å²) in [5.74, 6) is 0.414. The van der Waals surface area contributed by atoms with Crippen LogP contribution in [0.2, 0.25) is 0 Å². The molecule has 1 saturated carbocycles. The summed E-state index contributed by atoms with van der Waals surface area (Å²) in [5.41, 5.74) is 0. The monoisotopic (exact) mass is 222 g/mol. The zero-order valence-corrected chi connectivity index (χ0v) is 9.06. The molecule has 0 aromatic carbocycles. The van der Waals surface area contributed by atoms with Crippen LogP contribution in [-0.2, 0) is 11.3 Å². The third kappa shape index (κ3) is 2.82. The second-order valence-electron chi connectivity index (χ2n) is 3.90. The van der Waals surface area contributed by atoms with E-state index in [0.717, 1.165) is 18.7 Å². The van der Waals surface area contributed by atoms with Crippen LogP contribution < -0.4 is 10.6 Å². The first-order valence-electron chi connectivity index (χ1n) is 5.23. The van der Waals surface area contributed by atoms with Gasteiger partial charge >= 0.3 is 6.03 Å². The Bertz CT molecular complexity index is 409. The molecular formula is C10H14N4O2. The number of nitrogens with one attached hydrogen (secondary N) is 2. The first-order chi connectivity index (χ1) is 7.65. The SMILES string of the molecule is Cc1nccn1CC(=O)NC(=O)NC1CC1. The van der Waals surface area contributed by atoms with E-state index in [0.29, 0.717) is 0 Å². The van der Waals surface area contributed by atoms with Gasteiger partial charge in [-0.2, -0.15) is 0 Å². The molecule has 0 atom stereocenters. The molecule has 6 heteroatoms. The number of imidazole rings is 1. The van der Waals surface area contributed by atoms with Crippen molar-refractivity contribution >= 4 is 11.9 Å². The molecule has 2 rings (SSSR count). The van der Waals surface area contributed by atoms with Crippen LogP contribution in [0.15, 0.2) is 12.4 Å². The Morgan fingerprint density at radius 1 is 1.56 bits per heavy atom. The van der Waals surface area contributed by atoms with E-state index in [4.69, 9.17) is 0 Å². The minimum Gasteiger partial charge on any atom is -0.335 e. The highest BCUT2D eigenvalue weighted by Crippen LogP contribution is 2.18. The van der Waals surface area contributed by atoms with Crippen molar-refractivity contribution in [2.24, 2.45) is 0 Å². The second-order valence-corrected chi connectivity index (χ2v) is 3.90. The van der Waals surface area contributed by atoms with Crippen molar-refractivity contribution in [3.63, 3.8) is 0 Å². The number of rotatable bonds is 3. The van der Waals surface area contributed by atoms with Crippen molar-refractivity contribution < 1.29 is 9.59 Å². The van der Waals surface area contributed by atoms with E-state index >= 15 is 0 Å². The van der Waals surface area contributed by atoms with Gasteiger partial charge in [0.25, 0.3) is 0 Å². The molecule has 1 aromatic rings. The Hall–Kier alpha value is -1.85. The maximum atomic E-state index is 11.5. The first-order valence-corrected chi connectivity index (χ1v) is 5.23. The lowest BCUT2D eigenvalue weighted by Crippen LogP contribution is -2.41. The summed E-state index contributed by atoms with van der Waals surface area (Å²) < 4.78 is 1.68. The fourth-order valence-corrected chi connectivity index (χ4v) is 1.34. The third-order valence-electron chi connectivity index (χ3n) is 2.40. The number of carbonyl (C=O) groups excluding carboxylic acids is 2. The molecule has 0 aliphatic heterocycles. The smallest absolute Gasteiger partial charge is 0.321 e. The van der Waals surface area contributed by atoms with Gasteiger partial charge in [0.15, 0.2) is 0 Å². The summed E-state index contributed by atoms with van der Waals surface area (Å²) in [7, 11) is 0. The predicted octanol–water partition coefficient (Wildman–Crippen LogP) is 0.180. The van der Waals surface area contributed by atoms with Crippen LogP contribution >= 0.6 is 0 Å². The number of aromatic nitrogens is 2. The highest BCUT2D eigenvalue weighted by atomic mass is 16.2. The molecule has 3 amide bonds. The summed E-state index contributed by atoms with van der Waals surface area (Å²) in [6.07, 6.45) is 5.32. The molecule has 2 N–H and O–H groups in total. The van der Waals surface area contributed by atoms with E-state index in [2.05, 4.69) is 15.6 Å². The van der Waals surface area contributed by atoms with Crippen LogP contribution in [0, 0.1) is 6.92 Å². The van der Waals surface area contributed by atoms with E-state index in [-0.39, 0.29) is 18.5 Å². The standard InChI is InChI=1S/C10H14N4O2/c1-7-11-4-5-14(7)6-9(15)13-10(16)12-8-2-3-8/h4-5,8H,2-3,6H2,1H3,(H2,12,13,15,16). The van der Waals surface area contributed by atoms with Gasteiger partial charge in [-0.3, -0.25) is 10.1 Å². The molecule has 0 bridgehead atoms. The Kier molecular flexibility index (Phi) is 2.89. The summed E-state index contributed by atoms with van der Waals surface area (Å²) in [5, 5.41) is 4.96. The van der Waals surface area contributed by atoms with Gasteiger partial charge in [-0.25, -0.2) is 9.78 Å². The lowest BCUT2D eigenvalue weighted by atomic mass is 10.5. The van der Waals surface area contributed by atoms with Gasteiger partial charge in [0, 0.05) is 18.4 Å². The molecule has 1 aliphatic carbocycles. The van der Waals surface area contributed by atoms with E-state index in [9.17, 15) is 9.59 Å². The topological polar surface area (TPSA) is 76.0 Å². The van der Waals surface area contributed by atoms with E-state index in [1.807, 2.05) is 0 Å². The zero-order valence-electron chi connectivity index (χ0n) is 9.06. The molecule has 16 heavy (non-hydrogen) atoms. The van der Waals surface area contributed by atoms with Crippen LogP contribution in [0.5, 0.6) is 0 Å². The average Bonchev–Trinajstić information content (AvgIpc) is 2.91. The van der Waals surface area contributed by atoms with Crippen molar-refractivity contribution in [3.8, 4) is 0 Å². The van der Waals surface area contributed by atoms with Crippen LogP contribution in [0.25, 0.3) is 0 Å². The molecule has 86 valence electrons. The minimum absolute atomic E-state index is 0.115. The van der Waals surface area contributed by atoms with Gasteiger partial charge in [0.1, 0.15) is 12.4 Å². The second kappa shape index (κ2) is 4.34. The van der Waals surface area contributed by atoms with Gasteiger partial charge < -0.3 is 9.88 Å². The molecule has 1 heterocycles.